The van der Waals surface area contributed by atoms with Crippen LogP contribution in [0.1, 0.15) is 78.1 Å². The van der Waals surface area contributed by atoms with Crippen LogP contribution in [-0.4, -0.2) is 93.1 Å². The van der Waals surface area contributed by atoms with Gasteiger partial charge in [0.05, 0.1) is 50.1 Å². The van der Waals surface area contributed by atoms with Gasteiger partial charge < -0.3 is 39.9 Å². The lowest BCUT2D eigenvalue weighted by Crippen LogP contribution is -2.51. The first-order valence-corrected chi connectivity index (χ1v) is 17.4. The maximum Gasteiger partial charge on any atom is 0.407 e. The van der Waals surface area contributed by atoms with Gasteiger partial charge in [-0.15, -0.1) is 0 Å². The van der Waals surface area contributed by atoms with E-state index >= 15 is 4.39 Å². The van der Waals surface area contributed by atoms with E-state index in [0.29, 0.717) is 60.1 Å². The number of H-pyrrole nitrogens is 2. The first kappa shape index (κ1) is 37.3. The summed E-state index contributed by atoms with van der Waals surface area (Å²) >= 11 is 0. The van der Waals surface area contributed by atoms with E-state index in [1.54, 1.807) is 34.3 Å². The summed E-state index contributed by atoms with van der Waals surface area (Å²) in [6.07, 6.45) is 3.19. The molecule has 276 valence electrons. The number of ether oxygens (including phenoxy) is 2. The summed E-state index contributed by atoms with van der Waals surface area (Å²) in [6, 6.07) is 2.62. The minimum atomic E-state index is -0.770. The number of halogens is 1. The van der Waals surface area contributed by atoms with Crippen molar-refractivity contribution in [3.63, 3.8) is 0 Å². The summed E-state index contributed by atoms with van der Waals surface area (Å²) in [5.41, 5.74) is 1.95. The third-order valence-corrected chi connectivity index (χ3v) is 9.76. The number of rotatable bonds is 10. The Labute approximate surface area is 297 Å². The van der Waals surface area contributed by atoms with Gasteiger partial charge in [0.1, 0.15) is 29.5 Å². The average molecular weight is 709 g/mol. The summed E-state index contributed by atoms with van der Waals surface area (Å²) in [4.78, 5) is 70.4. The molecule has 3 aromatic rings. The summed E-state index contributed by atoms with van der Waals surface area (Å²) < 4.78 is 25.2. The van der Waals surface area contributed by atoms with Crippen molar-refractivity contribution >= 4 is 24.0 Å². The van der Waals surface area contributed by atoms with Crippen LogP contribution in [0, 0.1) is 29.5 Å². The lowest BCUT2D eigenvalue weighted by atomic mass is 10.0. The van der Waals surface area contributed by atoms with Gasteiger partial charge in [0.2, 0.25) is 11.8 Å². The number of nitrogens with zero attached hydrogens (tertiary/aromatic N) is 4. The molecular weight excluding hydrogens is 659 g/mol. The molecule has 2 aromatic heterocycles. The fraction of sp³-hybridized carbons (Fsp3) is 0.556. The van der Waals surface area contributed by atoms with Crippen molar-refractivity contribution in [2.24, 2.45) is 23.7 Å². The molecule has 4 amide bonds. The first-order valence-electron chi connectivity index (χ1n) is 17.4. The van der Waals surface area contributed by atoms with Gasteiger partial charge >= 0.3 is 12.2 Å². The van der Waals surface area contributed by atoms with Crippen LogP contribution >= 0.6 is 0 Å². The van der Waals surface area contributed by atoms with E-state index < -0.39 is 30.1 Å². The quantitative estimate of drug-likeness (QED) is 0.223. The van der Waals surface area contributed by atoms with Crippen LogP contribution in [0.3, 0.4) is 0 Å². The highest BCUT2D eigenvalue weighted by molar-refractivity contribution is 5.87. The molecule has 2 aliphatic rings. The van der Waals surface area contributed by atoms with Crippen LogP contribution in [0.15, 0.2) is 30.6 Å². The first-order chi connectivity index (χ1) is 24.2. The molecule has 2 aliphatic heterocycles. The van der Waals surface area contributed by atoms with E-state index in [9.17, 15) is 19.2 Å². The lowest BCUT2D eigenvalue weighted by molar-refractivity contribution is -0.136. The number of carbonyl (C=O) groups is 4. The second-order valence-electron chi connectivity index (χ2n) is 14.5. The number of amides is 4. The van der Waals surface area contributed by atoms with Crippen molar-refractivity contribution < 1.29 is 33.0 Å². The molecule has 1 aromatic carbocycles. The molecule has 6 atom stereocenters. The molecule has 2 saturated heterocycles. The third kappa shape index (κ3) is 8.02. The number of nitrogens with one attached hydrogen (secondary N) is 4. The molecule has 5 rings (SSSR count). The molecular formula is C36H49FN8O6. The molecule has 0 bridgehead atoms. The molecule has 0 aliphatic carbocycles. The number of alkyl carbamates (subject to hydrolysis) is 2. The topological polar surface area (TPSA) is 175 Å². The molecule has 51 heavy (non-hydrogen) atoms. The molecule has 2 fully saturated rings. The molecule has 4 N–H and O–H groups in total. The van der Waals surface area contributed by atoms with E-state index in [4.69, 9.17) is 9.47 Å². The Balaban J connectivity index is 1.33. The fourth-order valence-corrected chi connectivity index (χ4v) is 7.05. The Morgan fingerprint density at radius 2 is 1.24 bits per heavy atom. The van der Waals surface area contributed by atoms with Crippen molar-refractivity contribution in [1.82, 2.24) is 40.4 Å². The maximum atomic E-state index is 15.8. The van der Waals surface area contributed by atoms with Crippen molar-refractivity contribution in [1.29, 1.82) is 0 Å². The zero-order chi connectivity index (χ0) is 37.1. The molecule has 15 heteroatoms. The van der Waals surface area contributed by atoms with E-state index in [0.717, 1.165) is 0 Å². The number of carbonyl (C=O) groups excluding carboxylic acids is 4. The predicted molar refractivity (Wildman–Crippen MR) is 186 cm³/mol. The monoisotopic (exact) mass is 708 g/mol. The van der Waals surface area contributed by atoms with E-state index in [1.807, 2.05) is 27.7 Å². The predicted octanol–water partition coefficient (Wildman–Crippen LogP) is 5.19. The van der Waals surface area contributed by atoms with Crippen molar-refractivity contribution in [2.45, 2.75) is 78.6 Å². The fourth-order valence-electron chi connectivity index (χ4n) is 7.05. The molecule has 0 radical (unpaired) electrons. The molecule has 0 unspecified atom stereocenters. The summed E-state index contributed by atoms with van der Waals surface area (Å²) in [5.74, 6) is 0.267. The van der Waals surface area contributed by atoms with Gasteiger partial charge in [-0.3, -0.25) is 9.59 Å². The minimum Gasteiger partial charge on any atom is -0.453 e. The van der Waals surface area contributed by atoms with E-state index in [2.05, 4.69) is 44.4 Å². The van der Waals surface area contributed by atoms with Gasteiger partial charge in [0, 0.05) is 24.2 Å². The highest BCUT2D eigenvalue weighted by Crippen LogP contribution is 2.38. The van der Waals surface area contributed by atoms with Crippen LogP contribution in [0.5, 0.6) is 0 Å². The van der Waals surface area contributed by atoms with Crippen LogP contribution in [0.2, 0.25) is 0 Å². The Kier molecular flexibility index (Phi) is 11.4. The normalized spacial score (nSPS) is 21.5. The van der Waals surface area contributed by atoms with Crippen molar-refractivity contribution in [3.05, 3.63) is 48.1 Å². The van der Waals surface area contributed by atoms with E-state index in [-0.39, 0.29) is 47.6 Å². The molecule has 14 nitrogen and oxygen atoms in total. The Bertz CT molecular complexity index is 1740. The van der Waals surface area contributed by atoms with Crippen LogP contribution in [0.4, 0.5) is 14.0 Å². The number of aromatic amines is 2. The number of imidazole rings is 2. The largest absolute Gasteiger partial charge is 0.453 e. The van der Waals surface area contributed by atoms with Crippen LogP contribution in [-0.2, 0) is 19.1 Å². The van der Waals surface area contributed by atoms with Gasteiger partial charge in [-0.25, -0.2) is 23.9 Å². The summed E-state index contributed by atoms with van der Waals surface area (Å²) in [6.45, 7) is 12.6. The van der Waals surface area contributed by atoms with Gasteiger partial charge in [-0.05, 0) is 48.6 Å². The molecule has 0 spiro atoms. The van der Waals surface area contributed by atoms with Crippen molar-refractivity contribution in [3.8, 4) is 22.5 Å². The minimum absolute atomic E-state index is 0.163. The Hall–Kier alpha value is -4.95. The standard InChI is InChI=1S/C36H49FN8O6/c1-18(2)29(42-35(48)50-7)33(46)44-16-20(5)11-27(44)31-38-14-25(40-31)22-9-10-23(24(37)13-22)26-15-39-32(41-26)28-12-21(6)17-45(28)34(47)30(19(3)4)43-36(49)51-8/h9-10,13-15,18-21,27-30H,11-12,16-17H2,1-8H3,(H,38,40)(H,39,41)(H,42,48)(H,43,49)/t20-,21-,27-,28-,29-,30-/m0/s1. The number of likely N-dealkylation sites (tertiary alicyclic amines) is 2. The Morgan fingerprint density at radius 1 is 0.784 bits per heavy atom. The zero-order valence-electron chi connectivity index (χ0n) is 30.5. The van der Waals surface area contributed by atoms with Crippen LogP contribution < -0.4 is 10.6 Å². The second-order valence-corrected chi connectivity index (χ2v) is 14.5. The summed E-state index contributed by atoms with van der Waals surface area (Å²) in [7, 11) is 2.52. The van der Waals surface area contributed by atoms with Crippen LogP contribution in [0.25, 0.3) is 22.5 Å². The van der Waals surface area contributed by atoms with Gasteiger partial charge in [0.25, 0.3) is 0 Å². The molecule has 4 heterocycles. The summed E-state index contributed by atoms with van der Waals surface area (Å²) in [5, 5.41) is 5.32. The number of benzene rings is 1. The van der Waals surface area contributed by atoms with E-state index in [1.165, 1.54) is 20.3 Å². The van der Waals surface area contributed by atoms with Gasteiger partial charge in [-0.2, -0.15) is 0 Å². The highest BCUT2D eigenvalue weighted by atomic mass is 19.1. The highest BCUT2D eigenvalue weighted by Gasteiger charge is 2.41. The van der Waals surface area contributed by atoms with Gasteiger partial charge in [0.15, 0.2) is 0 Å². The second kappa shape index (κ2) is 15.5. The number of methoxy groups -OCH3 is 2. The van der Waals surface area contributed by atoms with Gasteiger partial charge in [-0.1, -0.05) is 47.6 Å². The molecule has 0 saturated carbocycles. The number of hydrogen-bond donors (Lipinski definition) is 4. The smallest absolute Gasteiger partial charge is 0.407 e. The average Bonchev–Trinajstić information content (AvgIpc) is 3.91. The Morgan fingerprint density at radius 3 is 1.67 bits per heavy atom. The number of hydrogen-bond acceptors (Lipinski definition) is 8. The zero-order valence-corrected chi connectivity index (χ0v) is 30.5. The lowest BCUT2D eigenvalue weighted by Gasteiger charge is -2.30. The third-order valence-electron chi connectivity index (χ3n) is 9.76. The number of aromatic nitrogens is 4. The SMILES string of the molecule is COC(=O)N[C@H](C(=O)N1C[C@@H](C)C[C@H]1c1ncc(-c2ccc(-c3cnc([C@@H]4C[C@H](C)CN4C(=O)[C@@H](NC(=O)OC)C(C)C)[nH]3)c(F)c2)[nH]1)C(C)C. The maximum absolute atomic E-state index is 15.8. The van der Waals surface area contributed by atoms with Crippen molar-refractivity contribution in [2.75, 3.05) is 27.3 Å².